The summed E-state index contributed by atoms with van der Waals surface area (Å²) in [6.07, 6.45) is -2.16. The maximum atomic E-state index is 9.61. The van der Waals surface area contributed by atoms with Crippen LogP contribution >= 0.6 is 23.2 Å². The van der Waals surface area contributed by atoms with Gasteiger partial charge in [0.25, 0.3) is 0 Å². The molecule has 15 heavy (non-hydrogen) atoms. The molecule has 0 saturated carbocycles. The summed E-state index contributed by atoms with van der Waals surface area (Å²) in [6, 6.07) is 6.37. The summed E-state index contributed by atoms with van der Waals surface area (Å²) in [5.74, 6) is -0.0777. The van der Waals surface area contributed by atoms with Gasteiger partial charge in [-0.15, -0.1) is 11.6 Å². The van der Waals surface area contributed by atoms with Gasteiger partial charge in [-0.1, -0.05) is 17.7 Å². The van der Waals surface area contributed by atoms with Gasteiger partial charge in [-0.3, -0.25) is 0 Å². The van der Waals surface area contributed by atoms with Gasteiger partial charge in [-0.25, -0.2) is 0 Å². The van der Waals surface area contributed by atoms with Crippen LogP contribution in [0.4, 0.5) is 0 Å². The predicted molar refractivity (Wildman–Crippen MR) is 57.9 cm³/mol. The van der Waals surface area contributed by atoms with E-state index in [9.17, 15) is 10.2 Å². The van der Waals surface area contributed by atoms with Gasteiger partial charge in [0.15, 0.2) is 0 Å². The summed E-state index contributed by atoms with van der Waals surface area (Å²) in [6.45, 7) is 0. The molecule has 0 bridgehead atoms. The van der Waals surface area contributed by atoms with E-state index in [1.54, 1.807) is 6.07 Å². The van der Waals surface area contributed by atoms with Crippen molar-refractivity contribution >= 4 is 23.2 Å². The number of rotatable bonds is 3. The van der Waals surface area contributed by atoms with Crippen molar-refractivity contribution < 1.29 is 10.2 Å². The summed E-state index contributed by atoms with van der Waals surface area (Å²) in [4.78, 5) is 0. The number of nitrogens with zero attached hydrogens (tertiary/aromatic N) is 1. The van der Waals surface area contributed by atoms with Gasteiger partial charge in [0.1, 0.15) is 12.2 Å². The largest absolute Gasteiger partial charge is 0.389 e. The molecule has 2 unspecified atom stereocenters. The minimum absolute atomic E-state index is 0.0777. The predicted octanol–water partition coefficient (Wildman–Crippen LogP) is 1.84. The Balaban J connectivity index is 3.02. The molecule has 0 aliphatic rings. The third-order valence-electron chi connectivity index (χ3n) is 1.97. The number of halogens is 2. The molecule has 1 rings (SSSR count). The van der Waals surface area contributed by atoms with Gasteiger partial charge in [0.05, 0.1) is 22.6 Å². The van der Waals surface area contributed by atoms with Crippen molar-refractivity contribution in [3.63, 3.8) is 0 Å². The van der Waals surface area contributed by atoms with E-state index in [0.717, 1.165) is 0 Å². The Labute approximate surface area is 97.5 Å². The molecular weight excluding hydrogens is 237 g/mol. The number of aliphatic hydroxyl groups is 2. The lowest BCUT2D eigenvalue weighted by atomic mass is 10.0. The van der Waals surface area contributed by atoms with Crippen molar-refractivity contribution in [2.24, 2.45) is 0 Å². The molecule has 0 aliphatic carbocycles. The summed E-state index contributed by atoms with van der Waals surface area (Å²) in [7, 11) is 0. The lowest BCUT2D eigenvalue weighted by Crippen LogP contribution is -2.19. The number of alkyl halides is 1. The summed E-state index contributed by atoms with van der Waals surface area (Å²) >= 11 is 11.1. The van der Waals surface area contributed by atoms with E-state index in [2.05, 4.69) is 0 Å². The van der Waals surface area contributed by atoms with E-state index in [-0.39, 0.29) is 11.4 Å². The van der Waals surface area contributed by atoms with Crippen LogP contribution in [0.5, 0.6) is 0 Å². The number of aliphatic hydroxyl groups excluding tert-OH is 2. The van der Waals surface area contributed by atoms with Crippen LogP contribution in [0.3, 0.4) is 0 Å². The number of hydrogen-bond donors (Lipinski definition) is 2. The normalized spacial score (nSPS) is 14.3. The summed E-state index contributed by atoms with van der Waals surface area (Å²) in [5, 5.41) is 28.0. The van der Waals surface area contributed by atoms with Crippen LogP contribution in [-0.2, 0) is 0 Å². The van der Waals surface area contributed by atoms with E-state index in [0.29, 0.717) is 10.6 Å². The lowest BCUT2D eigenvalue weighted by molar-refractivity contribution is 0.0327. The zero-order valence-corrected chi connectivity index (χ0v) is 9.20. The fraction of sp³-hybridized carbons (Fsp3) is 0.300. The molecule has 0 aliphatic heterocycles. The monoisotopic (exact) mass is 245 g/mol. The van der Waals surface area contributed by atoms with Crippen molar-refractivity contribution in [3.05, 3.63) is 34.3 Å². The molecule has 2 atom stereocenters. The molecular formula is C10H9Cl2NO2. The van der Waals surface area contributed by atoms with Crippen LogP contribution in [-0.4, -0.2) is 22.2 Å². The Morgan fingerprint density at radius 3 is 2.60 bits per heavy atom. The maximum absolute atomic E-state index is 9.61. The van der Waals surface area contributed by atoms with Gasteiger partial charge < -0.3 is 10.2 Å². The van der Waals surface area contributed by atoms with Gasteiger partial charge in [-0.2, -0.15) is 5.26 Å². The van der Waals surface area contributed by atoms with Crippen molar-refractivity contribution in [1.29, 1.82) is 5.26 Å². The third kappa shape index (κ3) is 2.83. The lowest BCUT2D eigenvalue weighted by Gasteiger charge is -2.15. The molecule has 2 N–H and O–H groups in total. The molecule has 1 aromatic rings. The van der Waals surface area contributed by atoms with E-state index < -0.39 is 12.2 Å². The first kappa shape index (κ1) is 12.3. The second-order valence-corrected chi connectivity index (χ2v) is 3.73. The van der Waals surface area contributed by atoms with E-state index in [1.807, 2.05) is 6.07 Å². The molecule has 0 fully saturated rings. The second-order valence-electron chi connectivity index (χ2n) is 3.02. The highest BCUT2D eigenvalue weighted by atomic mass is 35.5. The minimum atomic E-state index is -1.10. The highest BCUT2D eigenvalue weighted by molar-refractivity contribution is 6.31. The Hall–Kier alpha value is -0.790. The Bertz CT molecular complexity index is 389. The van der Waals surface area contributed by atoms with Crippen LogP contribution in [0.2, 0.25) is 5.02 Å². The zero-order chi connectivity index (χ0) is 11.4. The third-order valence-corrected chi connectivity index (χ3v) is 2.62. The molecule has 0 spiro atoms. The molecule has 0 aromatic heterocycles. The minimum Gasteiger partial charge on any atom is -0.389 e. The molecule has 1 aromatic carbocycles. The van der Waals surface area contributed by atoms with E-state index in [1.165, 1.54) is 12.1 Å². The average Bonchev–Trinajstić information content (AvgIpc) is 2.27. The Kier molecular flexibility index (Phi) is 4.37. The van der Waals surface area contributed by atoms with Crippen LogP contribution in [0.15, 0.2) is 18.2 Å². The highest BCUT2D eigenvalue weighted by Gasteiger charge is 2.18. The standard InChI is InChI=1S/C10H9Cl2NO2/c11-4-9(14)10(15)6-1-2-8(12)7(3-6)5-13/h1-3,9-10,14-15H,4H2. The Morgan fingerprint density at radius 2 is 2.07 bits per heavy atom. The van der Waals surface area contributed by atoms with Crippen molar-refractivity contribution in [1.82, 2.24) is 0 Å². The zero-order valence-electron chi connectivity index (χ0n) is 7.69. The molecule has 0 saturated heterocycles. The van der Waals surface area contributed by atoms with Crippen LogP contribution in [0.25, 0.3) is 0 Å². The second kappa shape index (κ2) is 5.34. The molecule has 80 valence electrons. The molecule has 0 radical (unpaired) electrons. The quantitative estimate of drug-likeness (QED) is 0.800. The van der Waals surface area contributed by atoms with E-state index >= 15 is 0 Å². The molecule has 0 amide bonds. The van der Waals surface area contributed by atoms with Crippen molar-refractivity contribution in [3.8, 4) is 6.07 Å². The van der Waals surface area contributed by atoms with Crippen LogP contribution < -0.4 is 0 Å². The molecule has 3 nitrogen and oxygen atoms in total. The van der Waals surface area contributed by atoms with Crippen LogP contribution in [0.1, 0.15) is 17.2 Å². The van der Waals surface area contributed by atoms with Gasteiger partial charge in [-0.05, 0) is 17.7 Å². The first-order chi connectivity index (χ1) is 7.10. The fourth-order valence-corrected chi connectivity index (χ4v) is 1.45. The fourth-order valence-electron chi connectivity index (χ4n) is 1.12. The topological polar surface area (TPSA) is 64.2 Å². The number of benzene rings is 1. The summed E-state index contributed by atoms with van der Waals surface area (Å²) in [5.41, 5.74) is 0.680. The highest BCUT2D eigenvalue weighted by Crippen LogP contribution is 2.23. The van der Waals surface area contributed by atoms with Crippen LogP contribution in [0, 0.1) is 11.3 Å². The van der Waals surface area contributed by atoms with Gasteiger partial charge in [0.2, 0.25) is 0 Å². The first-order valence-corrected chi connectivity index (χ1v) is 5.13. The first-order valence-electron chi connectivity index (χ1n) is 4.21. The number of hydrogen-bond acceptors (Lipinski definition) is 3. The number of nitriles is 1. The van der Waals surface area contributed by atoms with Crippen molar-refractivity contribution in [2.45, 2.75) is 12.2 Å². The molecule has 0 heterocycles. The maximum Gasteiger partial charge on any atom is 0.106 e. The van der Waals surface area contributed by atoms with E-state index in [4.69, 9.17) is 28.5 Å². The SMILES string of the molecule is N#Cc1cc(C(O)C(O)CCl)ccc1Cl. The average molecular weight is 246 g/mol. The summed E-state index contributed by atoms with van der Waals surface area (Å²) < 4.78 is 0. The molecule has 5 heteroatoms. The van der Waals surface area contributed by atoms with Crippen molar-refractivity contribution in [2.75, 3.05) is 5.88 Å². The smallest absolute Gasteiger partial charge is 0.106 e. The van der Waals surface area contributed by atoms with Gasteiger partial charge in [0, 0.05) is 0 Å². The Morgan fingerprint density at radius 1 is 1.40 bits per heavy atom. The van der Waals surface area contributed by atoms with Gasteiger partial charge >= 0.3 is 0 Å².